The molecule has 4 rings (SSSR count). The van der Waals surface area contributed by atoms with Gasteiger partial charge in [0.05, 0.1) is 5.76 Å². The molecule has 3 fully saturated rings. The molecule has 122 valence electrons. The van der Waals surface area contributed by atoms with Crippen LogP contribution >= 0.6 is 0 Å². The van der Waals surface area contributed by atoms with Crippen LogP contribution < -0.4 is 0 Å². The van der Waals surface area contributed by atoms with E-state index in [1.807, 2.05) is 0 Å². The van der Waals surface area contributed by atoms with Crippen LogP contribution in [0.15, 0.2) is 24.5 Å². The first-order valence-electron chi connectivity index (χ1n) is 9.60. The van der Waals surface area contributed by atoms with Crippen LogP contribution in [0.3, 0.4) is 0 Å². The number of aliphatic hydroxyl groups excluding tert-OH is 1. The Morgan fingerprint density at radius 3 is 2.82 bits per heavy atom. The zero-order valence-electron chi connectivity index (χ0n) is 14.2. The summed E-state index contributed by atoms with van der Waals surface area (Å²) in [5.74, 6) is 3.72. The van der Waals surface area contributed by atoms with Gasteiger partial charge >= 0.3 is 0 Å². The summed E-state index contributed by atoms with van der Waals surface area (Å²) in [6, 6.07) is 0. The van der Waals surface area contributed by atoms with E-state index in [2.05, 4.69) is 25.7 Å². The monoisotopic (exact) mass is 300 g/mol. The molecular weight excluding hydrogens is 268 g/mol. The molecular formula is C21H32O. The third kappa shape index (κ3) is 1.96. The van der Waals surface area contributed by atoms with Crippen molar-refractivity contribution < 1.29 is 5.11 Å². The average molecular weight is 300 g/mol. The zero-order valence-corrected chi connectivity index (χ0v) is 14.2. The summed E-state index contributed by atoms with van der Waals surface area (Å²) in [6.07, 6.45) is 17.5. The lowest BCUT2D eigenvalue weighted by molar-refractivity contribution is -0.0812. The Morgan fingerprint density at radius 1 is 1.18 bits per heavy atom. The van der Waals surface area contributed by atoms with Crippen LogP contribution in [0.1, 0.15) is 71.1 Å². The van der Waals surface area contributed by atoms with Gasteiger partial charge in [-0.15, -0.1) is 6.58 Å². The number of rotatable bonds is 2. The average Bonchev–Trinajstić information content (AvgIpc) is 2.89. The van der Waals surface area contributed by atoms with E-state index in [0.29, 0.717) is 16.7 Å². The van der Waals surface area contributed by atoms with Crippen LogP contribution in [0.25, 0.3) is 0 Å². The van der Waals surface area contributed by atoms with E-state index >= 15 is 0 Å². The van der Waals surface area contributed by atoms with E-state index in [1.54, 1.807) is 0 Å². The lowest BCUT2D eigenvalue weighted by atomic mass is 9.46. The van der Waals surface area contributed by atoms with E-state index in [-0.39, 0.29) is 0 Å². The summed E-state index contributed by atoms with van der Waals surface area (Å²) >= 11 is 0. The molecule has 0 aromatic rings. The summed E-state index contributed by atoms with van der Waals surface area (Å²) in [7, 11) is 0. The summed E-state index contributed by atoms with van der Waals surface area (Å²) in [5.41, 5.74) is 0.946. The van der Waals surface area contributed by atoms with Crippen molar-refractivity contribution in [2.75, 3.05) is 0 Å². The van der Waals surface area contributed by atoms with Crippen LogP contribution in [-0.4, -0.2) is 5.11 Å². The molecule has 22 heavy (non-hydrogen) atoms. The highest BCUT2D eigenvalue weighted by Crippen LogP contribution is 2.65. The summed E-state index contributed by atoms with van der Waals surface area (Å²) < 4.78 is 0. The summed E-state index contributed by atoms with van der Waals surface area (Å²) in [6.45, 7) is 6.59. The molecule has 0 aliphatic heterocycles. The van der Waals surface area contributed by atoms with Gasteiger partial charge in [-0.05, 0) is 92.4 Å². The Balaban J connectivity index is 1.69. The SMILES string of the molecule is C=CCC12CCC=C(O)[C@@H]1[C@H]1CC[C@]3(C)CCC[C@H]3[C@@H]1CC2. The lowest BCUT2D eigenvalue weighted by Gasteiger charge is -2.58. The van der Waals surface area contributed by atoms with Gasteiger partial charge in [0.2, 0.25) is 0 Å². The van der Waals surface area contributed by atoms with Crippen LogP contribution in [0.4, 0.5) is 0 Å². The van der Waals surface area contributed by atoms with Gasteiger partial charge in [-0.3, -0.25) is 0 Å². The highest BCUT2D eigenvalue weighted by molar-refractivity contribution is 5.17. The molecule has 1 heteroatoms. The molecule has 3 saturated carbocycles. The van der Waals surface area contributed by atoms with Crippen molar-refractivity contribution in [3.63, 3.8) is 0 Å². The molecule has 0 radical (unpaired) electrons. The molecule has 1 nitrogen and oxygen atoms in total. The molecule has 0 saturated heterocycles. The van der Waals surface area contributed by atoms with Gasteiger partial charge in [0, 0.05) is 5.92 Å². The molecule has 1 N–H and O–H groups in total. The van der Waals surface area contributed by atoms with Crippen molar-refractivity contribution in [1.82, 2.24) is 0 Å². The Labute approximate surface area is 135 Å². The molecule has 0 aromatic carbocycles. The van der Waals surface area contributed by atoms with Gasteiger partial charge in [0.15, 0.2) is 0 Å². The first-order valence-corrected chi connectivity index (χ1v) is 9.60. The smallest absolute Gasteiger partial charge is 0.0922 e. The highest BCUT2D eigenvalue weighted by atomic mass is 16.3. The minimum Gasteiger partial charge on any atom is -0.512 e. The molecule has 0 bridgehead atoms. The van der Waals surface area contributed by atoms with Gasteiger partial charge in [0.1, 0.15) is 0 Å². The predicted octanol–water partition coefficient (Wildman–Crippen LogP) is 6.03. The Hall–Kier alpha value is -0.720. The third-order valence-corrected chi connectivity index (χ3v) is 8.20. The Morgan fingerprint density at radius 2 is 2.00 bits per heavy atom. The second-order valence-corrected chi connectivity index (χ2v) is 9.06. The number of hydrogen-bond acceptors (Lipinski definition) is 1. The van der Waals surface area contributed by atoms with Gasteiger partial charge in [-0.2, -0.15) is 0 Å². The van der Waals surface area contributed by atoms with E-state index in [1.165, 1.54) is 51.4 Å². The van der Waals surface area contributed by atoms with Gasteiger partial charge in [-0.1, -0.05) is 19.4 Å². The minimum absolute atomic E-state index is 0.327. The quantitative estimate of drug-likeness (QED) is 0.617. The van der Waals surface area contributed by atoms with Crippen molar-refractivity contribution >= 4 is 0 Å². The van der Waals surface area contributed by atoms with Crippen LogP contribution in [0, 0.1) is 34.5 Å². The normalized spacial score (nSPS) is 50.5. The fourth-order valence-electron chi connectivity index (χ4n) is 7.27. The Bertz CT molecular complexity index is 492. The summed E-state index contributed by atoms with van der Waals surface area (Å²) in [4.78, 5) is 0. The van der Waals surface area contributed by atoms with Gasteiger partial charge in [-0.25, -0.2) is 0 Å². The topological polar surface area (TPSA) is 20.2 Å². The van der Waals surface area contributed by atoms with E-state index in [9.17, 15) is 5.11 Å². The molecule has 0 heterocycles. The van der Waals surface area contributed by atoms with E-state index < -0.39 is 0 Å². The van der Waals surface area contributed by atoms with Crippen LogP contribution in [-0.2, 0) is 0 Å². The van der Waals surface area contributed by atoms with Crippen LogP contribution in [0.5, 0.6) is 0 Å². The molecule has 0 aromatic heterocycles. The molecule has 4 aliphatic carbocycles. The maximum atomic E-state index is 10.8. The summed E-state index contributed by atoms with van der Waals surface area (Å²) in [5, 5.41) is 10.8. The highest BCUT2D eigenvalue weighted by Gasteiger charge is 2.57. The fraction of sp³-hybridized carbons (Fsp3) is 0.810. The van der Waals surface area contributed by atoms with Crippen molar-refractivity contribution in [2.24, 2.45) is 34.5 Å². The van der Waals surface area contributed by atoms with Crippen molar-refractivity contribution in [1.29, 1.82) is 0 Å². The number of aliphatic hydroxyl groups is 1. The van der Waals surface area contributed by atoms with Crippen molar-refractivity contribution in [2.45, 2.75) is 71.1 Å². The van der Waals surface area contributed by atoms with Gasteiger partial charge < -0.3 is 5.11 Å². The molecule has 4 aliphatic rings. The molecule has 6 atom stereocenters. The maximum absolute atomic E-state index is 10.8. The van der Waals surface area contributed by atoms with E-state index in [0.717, 1.165) is 36.4 Å². The number of allylic oxidation sites excluding steroid dienone is 3. The second-order valence-electron chi connectivity index (χ2n) is 9.06. The zero-order chi connectivity index (χ0) is 15.4. The van der Waals surface area contributed by atoms with Crippen LogP contribution in [0.2, 0.25) is 0 Å². The van der Waals surface area contributed by atoms with Crippen molar-refractivity contribution in [3.05, 3.63) is 24.5 Å². The largest absolute Gasteiger partial charge is 0.512 e. The second kappa shape index (κ2) is 5.14. The number of fused-ring (bicyclic) bond motifs is 5. The molecule has 0 spiro atoms. The first kappa shape index (κ1) is 14.8. The fourth-order valence-corrected chi connectivity index (χ4v) is 7.27. The third-order valence-electron chi connectivity index (χ3n) is 8.20. The molecule has 0 amide bonds. The lowest BCUT2D eigenvalue weighted by Crippen LogP contribution is -2.51. The Kier molecular flexibility index (Phi) is 3.47. The van der Waals surface area contributed by atoms with Crippen molar-refractivity contribution in [3.8, 4) is 0 Å². The van der Waals surface area contributed by atoms with Gasteiger partial charge in [0.25, 0.3) is 0 Å². The molecule has 1 unspecified atom stereocenters. The van der Waals surface area contributed by atoms with E-state index in [4.69, 9.17) is 0 Å². The maximum Gasteiger partial charge on any atom is 0.0922 e. The number of hydrogen-bond donors (Lipinski definition) is 1. The first-order chi connectivity index (χ1) is 10.6. The standard InChI is InChI=1S/C21H32O/c1-3-10-21-12-5-7-18(22)19(21)16-8-13-20(2)11-4-6-17(20)15(16)9-14-21/h3,7,15-17,19,22H,1,4-6,8-14H2,2H3/t15-,16+,17+,19+,20+,21?/m1/s1. The predicted molar refractivity (Wildman–Crippen MR) is 91.6 cm³/mol. The minimum atomic E-state index is 0.327.